The number of hydrogen-bond donors (Lipinski definition) is 0. The van der Waals surface area contributed by atoms with Gasteiger partial charge in [-0.05, 0) is 36.0 Å². The molecule has 0 aliphatic heterocycles. The van der Waals surface area contributed by atoms with Crippen molar-refractivity contribution in [2.75, 3.05) is 0 Å². The zero-order valence-electron chi connectivity index (χ0n) is 10.8. The van der Waals surface area contributed by atoms with Gasteiger partial charge in [-0.3, -0.25) is 9.59 Å². The van der Waals surface area contributed by atoms with E-state index in [9.17, 15) is 9.59 Å². The van der Waals surface area contributed by atoms with Crippen LogP contribution in [0.15, 0.2) is 16.9 Å². The maximum atomic E-state index is 12.0. The lowest BCUT2D eigenvalue weighted by Gasteiger charge is -2.04. The molecule has 0 amide bonds. The lowest BCUT2D eigenvalue weighted by atomic mass is 9.99. The highest BCUT2D eigenvalue weighted by atomic mass is 16.1. The van der Waals surface area contributed by atoms with Crippen LogP contribution in [0.1, 0.15) is 66.1 Å². The van der Waals surface area contributed by atoms with Crippen molar-refractivity contribution in [1.29, 1.82) is 0 Å². The minimum Gasteiger partial charge on any atom is -0.294 e. The van der Waals surface area contributed by atoms with Crippen LogP contribution in [-0.2, 0) is 0 Å². The number of rotatable bonds is 1. The number of fused-ring (bicyclic) bond motifs is 1. The summed E-state index contributed by atoms with van der Waals surface area (Å²) in [4.78, 5) is 24.0. The zero-order valence-corrected chi connectivity index (χ0v) is 10.8. The van der Waals surface area contributed by atoms with Gasteiger partial charge in [0.25, 0.3) is 0 Å². The predicted octanol–water partition coefficient (Wildman–Crippen LogP) is 3.17. The minimum atomic E-state index is 0.0481. The van der Waals surface area contributed by atoms with Crippen LogP contribution in [0, 0.1) is 6.92 Å². The first-order valence-corrected chi connectivity index (χ1v) is 6.13. The zero-order chi connectivity index (χ0) is 12.7. The van der Waals surface area contributed by atoms with Crippen molar-refractivity contribution in [3.05, 3.63) is 44.6 Å². The third kappa shape index (κ3) is 1.92. The van der Waals surface area contributed by atoms with Gasteiger partial charge in [-0.2, -0.15) is 0 Å². The molecule has 0 fully saturated rings. The van der Waals surface area contributed by atoms with Crippen LogP contribution in [0.4, 0.5) is 0 Å². The fraction of sp³-hybridized carbons (Fsp3) is 0.467. The second-order valence-electron chi connectivity index (χ2n) is 5.30. The van der Waals surface area contributed by atoms with Crippen LogP contribution in [0.5, 0.6) is 0 Å². The maximum Gasteiger partial charge on any atom is 0.182 e. The van der Waals surface area contributed by atoms with E-state index in [0.717, 1.165) is 22.3 Å². The summed E-state index contributed by atoms with van der Waals surface area (Å²) in [5.41, 5.74) is 3.52. The quantitative estimate of drug-likeness (QED) is 0.742. The SMILES string of the molecule is Cc1cc(=O)c(C(C)C)cc2c1C(=O)CC2C. The third-order valence-corrected chi connectivity index (χ3v) is 3.55. The van der Waals surface area contributed by atoms with Gasteiger partial charge in [-0.25, -0.2) is 0 Å². The lowest BCUT2D eigenvalue weighted by molar-refractivity contribution is 0.0989. The first-order chi connectivity index (χ1) is 7.91. The van der Waals surface area contributed by atoms with Gasteiger partial charge in [0.1, 0.15) is 0 Å². The van der Waals surface area contributed by atoms with E-state index in [1.165, 1.54) is 0 Å². The summed E-state index contributed by atoms with van der Waals surface area (Å²) in [6.45, 7) is 7.94. The smallest absolute Gasteiger partial charge is 0.182 e. The molecule has 0 saturated carbocycles. The molecule has 0 aromatic heterocycles. The minimum absolute atomic E-state index is 0.0481. The molecule has 2 heteroatoms. The van der Waals surface area contributed by atoms with Crippen molar-refractivity contribution in [1.82, 2.24) is 0 Å². The van der Waals surface area contributed by atoms with E-state index in [4.69, 9.17) is 0 Å². The van der Waals surface area contributed by atoms with Gasteiger partial charge >= 0.3 is 0 Å². The Balaban J connectivity index is 2.83. The lowest BCUT2D eigenvalue weighted by Crippen LogP contribution is -2.06. The molecule has 2 nitrogen and oxygen atoms in total. The first kappa shape index (κ1) is 12.0. The summed E-state index contributed by atoms with van der Waals surface area (Å²) in [6.07, 6.45) is 0.575. The average Bonchev–Trinajstić information content (AvgIpc) is 2.39. The number of carbonyl (C=O) groups is 1. The highest BCUT2D eigenvalue weighted by Gasteiger charge is 2.28. The molecule has 2 rings (SSSR count). The molecule has 0 spiro atoms. The predicted molar refractivity (Wildman–Crippen MR) is 68.9 cm³/mol. The summed E-state index contributed by atoms with van der Waals surface area (Å²) in [5, 5.41) is 0. The van der Waals surface area contributed by atoms with Crippen LogP contribution >= 0.6 is 0 Å². The number of aryl methyl sites for hydroxylation is 1. The van der Waals surface area contributed by atoms with Gasteiger partial charge in [-0.1, -0.05) is 26.8 Å². The molecule has 1 aromatic carbocycles. The van der Waals surface area contributed by atoms with E-state index >= 15 is 0 Å². The standard InChI is InChI=1S/C15H18O2/c1-8(2)11-7-12-9(3)5-14(17)15(12)10(4)6-13(11)16/h6-9H,5H2,1-4H3. The number of Topliss-reactive ketones (excluding diaryl/α,β-unsaturated/α-hetero) is 1. The van der Waals surface area contributed by atoms with Crippen LogP contribution < -0.4 is 5.43 Å². The highest BCUT2D eigenvalue weighted by molar-refractivity contribution is 6.02. The topological polar surface area (TPSA) is 34.1 Å². The monoisotopic (exact) mass is 230 g/mol. The van der Waals surface area contributed by atoms with E-state index in [1.807, 2.05) is 26.8 Å². The molecule has 0 radical (unpaired) electrons. The van der Waals surface area contributed by atoms with Gasteiger partial charge in [0.05, 0.1) is 0 Å². The second kappa shape index (κ2) is 4.10. The van der Waals surface area contributed by atoms with Gasteiger partial charge in [0.15, 0.2) is 11.2 Å². The molecule has 0 N–H and O–H groups in total. The highest BCUT2D eigenvalue weighted by Crippen LogP contribution is 2.34. The number of ketones is 1. The summed E-state index contributed by atoms with van der Waals surface area (Å²) in [6, 6.07) is 3.56. The molecule has 0 heterocycles. The van der Waals surface area contributed by atoms with Crippen LogP contribution in [0.25, 0.3) is 0 Å². The van der Waals surface area contributed by atoms with Crippen molar-refractivity contribution in [3.63, 3.8) is 0 Å². The van der Waals surface area contributed by atoms with Gasteiger partial charge < -0.3 is 0 Å². The van der Waals surface area contributed by atoms with E-state index < -0.39 is 0 Å². The van der Waals surface area contributed by atoms with E-state index in [0.29, 0.717) is 6.42 Å². The molecule has 90 valence electrons. The fourth-order valence-corrected chi connectivity index (χ4v) is 2.60. The van der Waals surface area contributed by atoms with Crippen LogP contribution in [0.3, 0.4) is 0 Å². The Morgan fingerprint density at radius 2 is 1.88 bits per heavy atom. The molecule has 0 saturated heterocycles. The molecular formula is C15H18O2. The Labute approximate surface area is 102 Å². The largest absolute Gasteiger partial charge is 0.294 e. The molecule has 1 unspecified atom stereocenters. The molecule has 1 aromatic rings. The van der Waals surface area contributed by atoms with Crippen molar-refractivity contribution >= 4 is 5.78 Å². The summed E-state index contributed by atoms with van der Waals surface area (Å²) < 4.78 is 0. The normalized spacial score (nSPS) is 18.6. The molecule has 1 aliphatic carbocycles. The maximum absolute atomic E-state index is 12.0. The van der Waals surface area contributed by atoms with Crippen LogP contribution in [-0.4, -0.2) is 5.78 Å². The summed E-state index contributed by atoms with van der Waals surface area (Å²) in [7, 11) is 0. The molecular weight excluding hydrogens is 212 g/mol. The summed E-state index contributed by atoms with van der Waals surface area (Å²) >= 11 is 0. The second-order valence-corrected chi connectivity index (χ2v) is 5.30. The molecule has 0 bridgehead atoms. The van der Waals surface area contributed by atoms with Gasteiger partial charge in [0, 0.05) is 17.5 Å². The molecule has 1 aliphatic rings. The Kier molecular flexibility index (Phi) is 2.90. The Morgan fingerprint density at radius 3 is 2.47 bits per heavy atom. The van der Waals surface area contributed by atoms with Crippen molar-refractivity contribution in [2.24, 2.45) is 0 Å². The van der Waals surface area contributed by atoms with E-state index in [-0.39, 0.29) is 23.0 Å². The van der Waals surface area contributed by atoms with Crippen LogP contribution in [0.2, 0.25) is 0 Å². The van der Waals surface area contributed by atoms with Crippen molar-refractivity contribution in [2.45, 2.75) is 46.0 Å². The van der Waals surface area contributed by atoms with E-state index in [1.54, 1.807) is 6.07 Å². The van der Waals surface area contributed by atoms with Gasteiger partial charge in [0.2, 0.25) is 0 Å². The van der Waals surface area contributed by atoms with E-state index in [2.05, 4.69) is 6.92 Å². The number of carbonyl (C=O) groups excluding carboxylic acids is 1. The Bertz CT molecular complexity index is 541. The molecule has 1 atom stereocenters. The fourth-order valence-electron chi connectivity index (χ4n) is 2.60. The third-order valence-electron chi connectivity index (χ3n) is 3.55. The Hall–Kier alpha value is -1.44. The van der Waals surface area contributed by atoms with Gasteiger partial charge in [-0.15, -0.1) is 0 Å². The molecule has 17 heavy (non-hydrogen) atoms. The summed E-state index contributed by atoms with van der Waals surface area (Å²) in [5.74, 6) is 0.608. The van der Waals surface area contributed by atoms with Crippen molar-refractivity contribution in [3.8, 4) is 0 Å². The van der Waals surface area contributed by atoms with Crippen molar-refractivity contribution < 1.29 is 4.79 Å². The number of hydrogen-bond acceptors (Lipinski definition) is 2. The average molecular weight is 230 g/mol. The Morgan fingerprint density at radius 1 is 1.24 bits per heavy atom. The first-order valence-electron chi connectivity index (χ1n) is 6.13.